The molecular weight excluding hydrogens is 227 g/mol. The number of nitrogens with zero attached hydrogens (tertiary/aromatic N) is 1. The molecule has 0 saturated carbocycles. The van der Waals surface area contributed by atoms with Crippen molar-refractivity contribution in [2.75, 3.05) is 24.5 Å². The van der Waals surface area contributed by atoms with Crippen molar-refractivity contribution in [3.63, 3.8) is 0 Å². The number of rotatable bonds is 2. The molecule has 98 valence electrons. The van der Waals surface area contributed by atoms with Gasteiger partial charge in [-0.2, -0.15) is 0 Å². The van der Waals surface area contributed by atoms with Crippen molar-refractivity contribution in [2.24, 2.45) is 0 Å². The third kappa shape index (κ3) is 2.37. The molecular formula is C15H21FN2. The summed E-state index contributed by atoms with van der Waals surface area (Å²) in [6.07, 6.45) is 5.97. The molecule has 2 heterocycles. The predicted molar refractivity (Wildman–Crippen MR) is 72.4 cm³/mol. The van der Waals surface area contributed by atoms with Gasteiger partial charge < -0.3 is 10.2 Å². The Morgan fingerprint density at radius 2 is 1.94 bits per heavy atom. The van der Waals surface area contributed by atoms with Gasteiger partial charge in [0.25, 0.3) is 0 Å². The van der Waals surface area contributed by atoms with Crippen molar-refractivity contribution < 1.29 is 4.39 Å². The molecule has 0 aliphatic carbocycles. The van der Waals surface area contributed by atoms with Gasteiger partial charge in [0.15, 0.2) is 0 Å². The topological polar surface area (TPSA) is 15.3 Å². The van der Waals surface area contributed by atoms with E-state index in [2.05, 4.69) is 16.3 Å². The maximum absolute atomic E-state index is 14.2. The summed E-state index contributed by atoms with van der Waals surface area (Å²) < 4.78 is 14.2. The minimum atomic E-state index is -0.0527. The van der Waals surface area contributed by atoms with Gasteiger partial charge in [0.05, 0.1) is 5.69 Å². The van der Waals surface area contributed by atoms with Gasteiger partial charge in [-0.15, -0.1) is 0 Å². The van der Waals surface area contributed by atoms with Crippen LogP contribution in [0.1, 0.15) is 43.7 Å². The molecule has 0 spiro atoms. The molecule has 1 aromatic rings. The molecule has 2 saturated heterocycles. The molecule has 1 N–H and O–H groups in total. The second-order valence-corrected chi connectivity index (χ2v) is 5.41. The van der Waals surface area contributed by atoms with Gasteiger partial charge in [0.2, 0.25) is 0 Å². The Labute approximate surface area is 108 Å². The Bertz CT molecular complexity index is 407. The zero-order valence-corrected chi connectivity index (χ0v) is 10.8. The highest BCUT2D eigenvalue weighted by atomic mass is 19.1. The minimum Gasteiger partial charge on any atom is -0.369 e. The minimum absolute atomic E-state index is 0.0527. The number of halogens is 1. The Morgan fingerprint density at radius 3 is 2.61 bits per heavy atom. The maximum Gasteiger partial charge on any atom is 0.146 e. The first-order valence-electron chi connectivity index (χ1n) is 7.12. The second-order valence-electron chi connectivity index (χ2n) is 5.41. The smallest absolute Gasteiger partial charge is 0.146 e. The summed E-state index contributed by atoms with van der Waals surface area (Å²) in [5.41, 5.74) is 1.89. The largest absolute Gasteiger partial charge is 0.369 e. The van der Waals surface area contributed by atoms with Crippen molar-refractivity contribution >= 4 is 5.69 Å². The summed E-state index contributed by atoms with van der Waals surface area (Å²) in [6, 6.07) is 6.15. The third-order valence-corrected chi connectivity index (χ3v) is 4.13. The standard InChI is InChI=1S/C15H21FN2/c16-13-11-12(14-5-4-8-17-14)6-7-15(13)18-9-2-1-3-10-18/h6-7,11,14,17H,1-5,8-10H2. The fourth-order valence-electron chi connectivity index (χ4n) is 3.10. The van der Waals surface area contributed by atoms with Crippen LogP contribution in [-0.2, 0) is 0 Å². The van der Waals surface area contributed by atoms with Crippen LogP contribution in [0, 0.1) is 5.82 Å². The molecule has 2 fully saturated rings. The quantitative estimate of drug-likeness (QED) is 0.864. The first-order valence-corrected chi connectivity index (χ1v) is 7.12. The number of hydrogen-bond acceptors (Lipinski definition) is 2. The third-order valence-electron chi connectivity index (χ3n) is 4.13. The van der Waals surface area contributed by atoms with E-state index >= 15 is 0 Å². The Kier molecular flexibility index (Phi) is 3.50. The lowest BCUT2D eigenvalue weighted by Crippen LogP contribution is -2.30. The van der Waals surface area contributed by atoms with Crippen LogP contribution in [0.25, 0.3) is 0 Å². The van der Waals surface area contributed by atoms with E-state index in [1.165, 1.54) is 25.7 Å². The number of hydrogen-bond donors (Lipinski definition) is 1. The van der Waals surface area contributed by atoms with Gasteiger partial charge in [-0.1, -0.05) is 6.07 Å². The van der Waals surface area contributed by atoms with Crippen LogP contribution in [0.3, 0.4) is 0 Å². The van der Waals surface area contributed by atoms with Crippen molar-refractivity contribution in [3.8, 4) is 0 Å². The van der Waals surface area contributed by atoms with Crippen LogP contribution < -0.4 is 10.2 Å². The monoisotopic (exact) mass is 248 g/mol. The number of nitrogens with one attached hydrogen (secondary N) is 1. The molecule has 2 aliphatic heterocycles. The van der Waals surface area contributed by atoms with E-state index in [1.807, 2.05) is 6.07 Å². The molecule has 0 amide bonds. The Morgan fingerprint density at radius 1 is 1.11 bits per heavy atom. The molecule has 0 aromatic heterocycles. The predicted octanol–water partition coefficient (Wildman–Crippen LogP) is 3.24. The average molecular weight is 248 g/mol. The van der Waals surface area contributed by atoms with Gasteiger partial charge in [-0.05, 0) is 56.3 Å². The van der Waals surface area contributed by atoms with E-state index < -0.39 is 0 Å². The van der Waals surface area contributed by atoms with Crippen molar-refractivity contribution in [2.45, 2.75) is 38.1 Å². The molecule has 3 heteroatoms. The lowest BCUT2D eigenvalue weighted by molar-refractivity contribution is 0.554. The molecule has 0 radical (unpaired) electrons. The normalized spacial score (nSPS) is 24.5. The first kappa shape index (κ1) is 12.0. The molecule has 0 bridgehead atoms. The SMILES string of the molecule is Fc1cc(C2CCCN2)ccc1N1CCCCC1. The average Bonchev–Trinajstić information content (AvgIpc) is 2.93. The van der Waals surface area contributed by atoms with E-state index in [4.69, 9.17) is 0 Å². The van der Waals surface area contributed by atoms with Gasteiger partial charge in [0.1, 0.15) is 5.82 Å². The van der Waals surface area contributed by atoms with E-state index in [-0.39, 0.29) is 5.82 Å². The molecule has 2 aliphatic rings. The Hall–Kier alpha value is -1.09. The highest BCUT2D eigenvalue weighted by Gasteiger charge is 2.19. The fourth-order valence-corrected chi connectivity index (χ4v) is 3.10. The van der Waals surface area contributed by atoms with Crippen LogP contribution in [0.2, 0.25) is 0 Å². The van der Waals surface area contributed by atoms with Crippen LogP contribution in [0.5, 0.6) is 0 Å². The lowest BCUT2D eigenvalue weighted by atomic mass is 10.0. The number of piperidine rings is 1. The zero-order chi connectivity index (χ0) is 12.4. The van der Waals surface area contributed by atoms with Gasteiger partial charge in [-0.3, -0.25) is 0 Å². The maximum atomic E-state index is 14.2. The summed E-state index contributed by atoms with van der Waals surface area (Å²) in [5.74, 6) is -0.0527. The fraction of sp³-hybridized carbons (Fsp3) is 0.600. The van der Waals surface area contributed by atoms with Crippen LogP contribution >= 0.6 is 0 Å². The first-order chi connectivity index (χ1) is 8.84. The number of benzene rings is 1. The summed E-state index contributed by atoms with van der Waals surface area (Å²) in [5, 5.41) is 3.42. The second kappa shape index (κ2) is 5.27. The van der Waals surface area contributed by atoms with Gasteiger partial charge >= 0.3 is 0 Å². The summed E-state index contributed by atoms with van der Waals surface area (Å²) >= 11 is 0. The summed E-state index contributed by atoms with van der Waals surface area (Å²) in [4.78, 5) is 2.19. The molecule has 1 atom stereocenters. The van der Waals surface area contributed by atoms with Gasteiger partial charge in [-0.25, -0.2) is 4.39 Å². The molecule has 18 heavy (non-hydrogen) atoms. The zero-order valence-electron chi connectivity index (χ0n) is 10.8. The van der Waals surface area contributed by atoms with Crippen LogP contribution in [0.4, 0.5) is 10.1 Å². The lowest BCUT2D eigenvalue weighted by Gasteiger charge is -2.29. The summed E-state index contributed by atoms with van der Waals surface area (Å²) in [6.45, 7) is 3.05. The van der Waals surface area contributed by atoms with Crippen LogP contribution in [-0.4, -0.2) is 19.6 Å². The van der Waals surface area contributed by atoms with Crippen LogP contribution in [0.15, 0.2) is 18.2 Å². The Balaban J connectivity index is 1.79. The van der Waals surface area contributed by atoms with E-state index in [0.29, 0.717) is 6.04 Å². The highest BCUT2D eigenvalue weighted by molar-refractivity contribution is 5.50. The molecule has 1 aromatic carbocycles. The number of anilines is 1. The van der Waals surface area contributed by atoms with E-state index in [0.717, 1.165) is 37.3 Å². The van der Waals surface area contributed by atoms with Crippen molar-refractivity contribution in [3.05, 3.63) is 29.6 Å². The molecule has 2 nitrogen and oxygen atoms in total. The van der Waals surface area contributed by atoms with E-state index in [1.54, 1.807) is 6.07 Å². The van der Waals surface area contributed by atoms with Gasteiger partial charge in [0, 0.05) is 19.1 Å². The summed E-state index contributed by atoms with van der Waals surface area (Å²) in [7, 11) is 0. The van der Waals surface area contributed by atoms with E-state index in [9.17, 15) is 4.39 Å². The highest BCUT2D eigenvalue weighted by Crippen LogP contribution is 2.29. The molecule has 3 rings (SSSR count). The van der Waals surface area contributed by atoms with Crippen molar-refractivity contribution in [1.29, 1.82) is 0 Å². The molecule has 1 unspecified atom stereocenters. The van der Waals surface area contributed by atoms with Crippen molar-refractivity contribution in [1.82, 2.24) is 5.32 Å².